The Morgan fingerprint density at radius 3 is 2.69 bits per heavy atom. The van der Waals surface area contributed by atoms with Crippen LogP contribution in [0, 0.1) is 5.82 Å². The molecule has 0 unspecified atom stereocenters. The number of benzene rings is 1. The van der Waals surface area contributed by atoms with E-state index in [2.05, 4.69) is 10.3 Å². The number of nitrogens with zero attached hydrogens (tertiary/aromatic N) is 2. The molecule has 0 spiro atoms. The van der Waals surface area contributed by atoms with Gasteiger partial charge in [0.1, 0.15) is 11.6 Å². The quantitative estimate of drug-likeness (QED) is 0.841. The van der Waals surface area contributed by atoms with Crippen LogP contribution in [0.2, 0.25) is 0 Å². The zero-order valence-corrected chi connectivity index (χ0v) is 9.58. The predicted molar refractivity (Wildman–Crippen MR) is 65.6 cm³/mol. The Balaban J connectivity index is 2.86. The smallest absolute Gasteiger partial charge is 0.139 e. The number of aromatic nitrogens is 1. The lowest BCUT2D eigenvalue weighted by molar-refractivity contribution is 0.639. The number of anilines is 2. The van der Waals surface area contributed by atoms with Crippen LogP contribution in [0.15, 0.2) is 24.4 Å². The van der Waals surface area contributed by atoms with Crippen molar-refractivity contribution in [2.45, 2.75) is 0 Å². The van der Waals surface area contributed by atoms with Crippen LogP contribution in [0.4, 0.5) is 15.9 Å². The molecular formula is C12H14FN3. The van der Waals surface area contributed by atoms with Crippen molar-refractivity contribution in [1.29, 1.82) is 0 Å². The molecule has 84 valence electrons. The predicted octanol–water partition coefficient (Wildman–Crippen LogP) is 2.48. The van der Waals surface area contributed by atoms with Gasteiger partial charge in [-0.15, -0.1) is 0 Å². The van der Waals surface area contributed by atoms with Crippen LogP contribution in [-0.4, -0.2) is 26.1 Å². The maximum atomic E-state index is 13.8. The molecule has 2 aromatic rings. The molecule has 0 aliphatic carbocycles. The largest absolute Gasteiger partial charge is 0.386 e. The number of nitrogens with one attached hydrogen (secondary N) is 1. The first-order valence-electron chi connectivity index (χ1n) is 5.07. The molecule has 0 aliphatic heterocycles. The molecule has 0 atom stereocenters. The molecule has 0 bridgehead atoms. The third kappa shape index (κ3) is 1.56. The fraction of sp³-hybridized carbons (Fsp3) is 0.250. The number of halogens is 1. The van der Waals surface area contributed by atoms with Gasteiger partial charge in [-0.3, -0.25) is 0 Å². The molecule has 0 saturated carbocycles. The average molecular weight is 219 g/mol. The van der Waals surface area contributed by atoms with Crippen molar-refractivity contribution in [1.82, 2.24) is 4.98 Å². The van der Waals surface area contributed by atoms with Gasteiger partial charge in [-0.05, 0) is 6.07 Å². The van der Waals surface area contributed by atoms with Crippen LogP contribution in [-0.2, 0) is 0 Å². The second-order valence-corrected chi connectivity index (χ2v) is 3.80. The van der Waals surface area contributed by atoms with Gasteiger partial charge in [-0.25, -0.2) is 9.37 Å². The molecule has 1 aromatic carbocycles. The second-order valence-electron chi connectivity index (χ2n) is 3.80. The summed E-state index contributed by atoms with van der Waals surface area (Å²) < 4.78 is 13.8. The van der Waals surface area contributed by atoms with Crippen molar-refractivity contribution in [3.63, 3.8) is 0 Å². The highest BCUT2D eigenvalue weighted by atomic mass is 19.1. The highest BCUT2D eigenvalue weighted by Gasteiger charge is 2.11. The van der Waals surface area contributed by atoms with E-state index in [0.29, 0.717) is 11.2 Å². The SMILES string of the molecule is CNc1cnc(N(C)C)c2c(F)cccc12. The summed E-state index contributed by atoms with van der Waals surface area (Å²) in [5.74, 6) is 0.401. The Labute approximate surface area is 93.9 Å². The molecule has 16 heavy (non-hydrogen) atoms. The highest BCUT2D eigenvalue weighted by Crippen LogP contribution is 2.30. The summed E-state index contributed by atoms with van der Waals surface area (Å²) in [7, 11) is 5.51. The molecular weight excluding hydrogens is 205 g/mol. The lowest BCUT2D eigenvalue weighted by Gasteiger charge is -2.16. The number of hydrogen-bond donors (Lipinski definition) is 1. The third-order valence-corrected chi connectivity index (χ3v) is 2.54. The molecule has 0 aliphatic rings. The maximum absolute atomic E-state index is 13.8. The van der Waals surface area contributed by atoms with Crippen molar-refractivity contribution < 1.29 is 4.39 Å². The first-order chi connectivity index (χ1) is 7.65. The van der Waals surface area contributed by atoms with E-state index >= 15 is 0 Å². The van der Waals surface area contributed by atoms with Gasteiger partial charge >= 0.3 is 0 Å². The van der Waals surface area contributed by atoms with Crippen molar-refractivity contribution >= 4 is 22.3 Å². The Kier molecular flexibility index (Phi) is 2.64. The summed E-state index contributed by atoms with van der Waals surface area (Å²) in [5, 5.41) is 4.42. The Hall–Kier alpha value is -1.84. The molecule has 4 heteroatoms. The van der Waals surface area contributed by atoms with Crippen LogP contribution in [0.3, 0.4) is 0 Å². The van der Waals surface area contributed by atoms with Crippen LogP contribution in [0.5, 0.6) is 0 Å². The molecule has 2 rings (SSSR count). The van der Waals surface area contributed by atoms with Gasteiger partial charge in [-0.1, -0.05) is 12.1 Å². The van der Waals surface area contributed by atoms with Gasteiger partial charge in [0, 0.05) is 26.5 Å². The molecule has 0 radical (unpaired) electrons. The Morgan fingerprint density at radius 1 is 1.31 bits per heavy atom. The van der Waals surface area contributed by atoms with Crippen molar-refractivity contribution in [2.75, 3.05) is 31.4 Å². The average Bonchev–Trinajstić information content (AvgIpc) is 2.28. The van der Waals surface area contributed by atoms with E-state index in [1.165, 1.54) is 6.07 Å². The van der Waals surface area contributed by atoms with Gasteiger partial charge in [0.2, 0.25) is 0 Å². The lowest BCUT2D eigenvalue weighted by atomic mass is 10.1. The summed E-state index contributed by atoms with van der Waals surface area (Å²) in [4.78, 5) is 6.07. The van der Waals surface area contributed by atoms with E-state index in [9.17, 15) is 4.39 Å². The van der Waals surface area contributed by atoms with E-state index in [4.69, 9.17) is 0 Å². The third-order valence-electron chi connectivity index (χ3n) is 2.54. The van der Waals surface area contributed by atoms with E-state index in [1.54, 1.807) is 19.3 Å². The van der Waals surface area contributed by atoms with Crippen molar-refractivity contribution in [2.24, 2.45) is 0 Å². The van der Waals surface area contributed by atoms with E-state index in [-0.39, 0.29) is 5.82 Å². The summed E-state index contributed by atoms with van der Waals surface area (Å²) in [6.07, 6.45) is 1.72. The number of fused-ring (bicyclic) bond motifs is 1. The monoisotopic (exact) mass is 219 g/mol. The van der Waals surface area contributed by atoms with Crippen molar-refractivity contribution in [3.8, 4) is 0 Å². The maximum Gasteiger partial charge on any atom is 0.139 e. The molecule has 0 amide bonds. The standard InChI is InChI=1S/C12H14FN3/c1-14-10-7-15-12(16(2)3)11-8(10)5-4-6-9(11)13/h4-7,14H,1-3H3. The molecule has 0 saturated heterocycles. The van der Waals surface area contributed by atoms with Gasteiger partial charge in [0.15, 0.2) is 0 Å². The first-order valence-corrected chi connectivity index (χ1v) is 5.07. The fourth-order valence-corrected chi connectivity index (χ4v) is 1.77. The Morgan fingerprint density at radius 2 is 2.06 bits per heavy atom. The highest BCUT2D eigenvalue weighted by molar-refractivity contribution is 6.00. The van der Waals surface area contributed by atoms with Crippen LogP contribution >= 0.6 is 0 Å². The minimum Gasteiger partial charge on any atom is -0.386 e. The number of hydrogen-bond acceptors (Lipinski definition) is 3. The molecule has 3 nitrogen and oxygen atoms in total. The topological polar surface area (TPSA) is 28.2 Å². The molecule has 1 aromatic heterocycles. The van der Waals surface area contributed by atoms with Crippen molar-refractivity contribution in [3.05, 3.63) is 30.2 Å². The molecule has 1 N–H and O–H groups in total. The van der Waals surface area contributed by atoms with Gasteiger partial charge < -0.3 is 10.2 Å². The van der Waals surface area contributed by atoms with E-state index in [0.717, 1.165) is 11.1 Å². The number of rotatable bonds is 2. The molecule has 1 heterocycles. The van der Waals surface area contributed by atoms with Gasteiger partial charge in [-0.2, -0.15) is 0 Å². The van der Waals surface area contributed by atoms with E-state index in [1.807, 2.05) is 25.1 Å². The zero-order chi connectivity index (χ0) is 11.7. The Bertz CT molecular complexity index is 523. The van der Waals surface area contributed by atoms with Crippen LogP contribution in [0.25, 0.3) is 10.8 Å². The first kappa shape index (κ1) is 10.7. The second kappa shape index (κ2) is 3.96. The summed E-state index contributed by atoms with van der Waals surface area (Å²) in [6.45, 7) is 0. The van der Waals surface area contributed by atoms with Gasteiger partial charge in [0.05, 0.1) is 17.3 Å². The van der Waals surface area contributed by atoms with Crippen LogP contribution < -0.4 is 10.2 Å². The lowest BCUT2D eigenvalue weighted by Crippen LogP contribution is -2.12. The zero-order valence-electron chi connectivity index (χ0n) is 9.58. The minimum absolute atomic E-state index is 0.245. The minimum atomic E-state index is -0.245. The summed E-state index contributed by atoms with van der Waals surface area (Å²) in [6, 6.07) is 5.05. The fourth-order valence-electron chi connectivity index (χ4n) is 1.77. The normalized spacial score (nSPS) is 10.5. The summed E-state index contributed by atoms with van der Waals surface area (Å²) >= 11 is 0. The van der Waals surface area contributed by atoms with E-state index < -0.39 is 0 Å². The molecule has 0 fully saturated rings. The van der Waals surface area contributed by atoms with Gasteiger partial charge in [0.25, 0.3) is 0 Å². The summed E-state index contributed by atoms with van der Waals surface area (Å²) in [5.41, 5.74) is 0.833. The number of pyridine rings is 1. The van der Waals surface area contributed by atoms with Crippen LogP contribution in [0.1, 0.15) is 0 Å².